The fourth-order valence-electron chi connectivity index (χ4n) is 1.89. The van der Waals surface area contributed by atoms with Gasteiger partial charge in [0, 0.05) is 5.02 Å². The Bertz CT molecular complexity index is 658. The molecule has 0 bridgehead atoms. The molecule has 1 N–H and O–H groups in total. The fourth-order valence-corrected chi connectivity index (χ4v) is 2.01. The number of amides is 1. The minimum absolute atomic E-state index is 0.0818. The lowest BCUT2D eigenvalue weighted by molar-refractivity contribution is -0.118. The molecule has 0 spiro atoms. The average Bonchev–Trinajstić information content (AvgIpc) is 2.51. The second-order valence-corrected chi connectivity index (χ2v) is 5.08. The zero-order chi connectivity index (χ0) is 15.9. The van der Waals surface area contributed by atoms with E-state index in [1.165, 1.54) is 0 Å². The summed E-state index contributed by atoms with van der Waals surface area (Å²) >= 11 is 5.95. The Labute approximate surface area is 135 Å². The number of anilines is 1. The number of ether oxygens (including phenoxy) is 2. The summed E-state index contributed by atoms with van der Waals surface area (Å²) in [5, 5.41) is 3.45. The first kappa shape index (κ1) is 16.2. The third-order valence-corrected chi connectivity index (χ3v) is 3.38. The SMILES string of the molecule is CCOc1ccccc1NC(=O)COc1ccc(Cl)c(C)c1. The van der Waals surface area contributed by atoms with Crippen LogP contribution in [-0.4, -0.2) is 19.1 Å². The highest BCUT2D eigenvalue weighted by atomic mass is 35.5. The lowest BCUT2D eigenvalue weighted by atomic mass is 10.2. The van der Waals surface area contributed by atoms with Crippen LogP contribution in [0.3, 0.4) is 0 Å². The number of rotatable bonds is 6. The van der Waals surface area contributed by atoms with E-state index in [1.54, 1.807) is 24.3 Å². The third-order valence-electron chi connectivity index (χ3n) is 2.96. The van der Waals surface area contributed by atoms with Crippen LogP contribution in [0.15, 0.2) is 42.5 Å². The summed E-state index contributed by atoms with van der Waals surface area (Å²) in [4.78, 5) is 12.0. The van der Waals surface area contributed by atoms with Crippen LogP contribution < -0.4 is 14.8 Å². The Morgan fingerprint density at radius 1 is 1.18 bits per heavy atom. The van der Waals surface area contributed by atoms with E-state index in [9.17, 15) is 4.79 Å². The fraction of sp³-hybridized carbons (Fsp3) is 0.235. The van der Waals surface area contributed by atoms with Gasteiger partial charge in [-0.2, -0.15) is 0 Å². The molecule has 0 aliphatic rings. The van der Waals surface area contributed by atoms with E-state index in [-0.39, 0.29) is 12.5 Å². The number of carbonyl (C=O) groups excluding carboxylic acids is 1. The standard InChI is InChI=1S/C17H18ClNO3/c1-3-21-16-7-5-4-6-15(16)19-17(20)11-22-13-8-9-14(18)12(2)10-13/h4-10H,3,11H2,1-2H3,(H,19,20). The molecule has 0 aliphatic heterocycles. The van der Waals surface area contributed by atoms with Gasteiger partial charge in [-0.05, 0) is 49.7 Å². The van der Waals surface area contributed by atoms with Crippen LogP contribution in [0, 0.1) is 6.92 Å². The quantitative estimate of drug-likeness (QED) is 0.873. The first-order valence-electron chi connectivity index (χ1n) is 7.00. The van der Waals surface area contributed by atoms with Crippen molar-refractivity contribution in [1.82, 2.24) is 0 Å². The minimum Gasteiger partial charge on any atom is -0.492 e. The molecule has 2 aromatic carbocycles. The summed E-state index contributed by atoms with van der Waals surface area (Å²) in [5.41, 5.74) is 1.53. The smallest absolute Gasteiger partial charge is 0.262 e. The lowest BCUT2D eigenvalue weighted by Crippen LogP contribution is -2.20. The van der Waals surface area contributed by atoms with Crippen molar-refractivity contribution in [2.75, 3.05) is 18.5 Å². The van der Waals surface area contributed by atoms with Crippen LogP contribution in [0.25, 0.3) is 0 Å². The Hall–Kier alpha value is -2.20. The van der Waals surface area contributed by atoms with Gasteiger partial charge in [-0.15, -0.1) is 0 Å². The first-order chi connectivity index (χ1) is 10.6. The number of hydrogen-bond acceptors (Lipinski definition) is 3. The van der Waals surface area contributed by atoms with Crippen LogP contribution >= 0.6 is 11.6 Å². The lowest BCUT2D eigenvalue weighted by Gasteiger charge is -2.12. The predicted octanol–water partition coefficient (Wildman–Crippen LogP) is 4.06. The zero-order valence-corrected chi connectivity index (χ0v) is 13.3. The van der Waals surface area contributed by atoms with Crippen molar-refractivity contribution in [3.63, 3.8) is 0 Å². The van der Waals surface area contributed by atoms with Crippen molar-refractivity contribution in [2.24, 2.45) is 0 Å². The maximum absolute atomic E-state index is 12.0. The molecule has 0 heterocycles. The summed E-state index contributed by atoms with van der Waals surface area (Å²) in [7, 11) is 0. The molecular weight excluding hydrogens is 302 g/mol. The number of para-hydroxylation sites is 2. The highest BCUT2D eigenvalue weighted by Gasteiger charge is 2.08. The molecule has 0 saturated carbocycles. The maximum Gasteiger partial charge on any atom is 0.262 e. The van der Waals surface area contributed by atoms with Crippen molar-refractivity contribution in [2.45, 2.75) is 13.8 Å². The molecule has 0 unspecified atom stereocenters. The topological polar surface area (TPSA) is 47.6 Å². The van der Waals surface area contributed by atoms with Gasteiger partial charge >= 0.3 is 0 Å². The molecule has 2 rings (SSSR count). The molecule has 0 atom stereocenters. The second kappa shape index (κ2) is 7.71. The molecule has 0 fully saturated rings. The van der Waals surface area contributed by atoms with Gasteiger partial charge in [0.1, 0.15) is 11.5 Å². The van der Waals surface area contributed by atoms with Crippen LogP contribution in [0.5, 0.6) is 11.5 Å². The van der Waals surface area contributed by atoms with Gasteiger partial charge < -0.3 is 14.8 Å². The van der Waals surface area contributed by atoms with Crippen molar-refractivity contribution in [3.8, 4) is 11.5 Å². The van der Waals surface area contributed by atoms with Gasteiger partial charge in [-0.3, -0.25) is 4.79 Å². The number of nitrogens with one attached hydrogen (secondary N) is 1. The summed E-state index contributed by atoms with van der Waals surface area (Å²) in [6.45, 7) is 4.23. The molecule has 22 heavy (non-hydrogen) atoms. The molecule has 2 aromatic rings. The van der Waals surface area contributed by atoms with Crippen LogP contribution in [-0.2, 0) is 4.79 Å². The largest absolute Gasteiger partial charge is 0.492 e. The van der Waals surface area contributed by atoms with Gasteiger partial charge in [0.2, 0.25) is 0 Å². The number of benzene rings is 2. The second-order valence-electron chi connectivity index (χ2n) is 4.68. The average molecular weight is 320 g/mol. The summed E-state index contributed by atoms with van der Waals surface area (Å²) in [6.07, 6.45) is 0. The summed E-state index contributed by atoms with van der Waals surface area (Å²) < 4.78 is 10.9. The van der Waals surface area contributed by atoms with Gasteiger partial charge in [-0.25, -0.2) is 0 Å². The summed E-state index contributed by atoms with van der Waals surface area (Å²) in [6, 6.07) is 12.6. The van der Waals surface area contributed by atoms with Gasteiger partial charge in [0.25, 0.3) is 5.91 Å². The van der Waals surface area contributed by atoms with E-state index in [4.69, 9.17) is 21.1 Å². The van der Waals surface area contributed by atoms with E-state index in [2.05, 4.69) is 5.32 Å². The van der Waals surface area contributed by atoms with Crippen molar-refractivity contribution in [3.05, 3.63) is 53.1 Å². The molecule has 5 heteroatoms. The number of hydrogen-bond donors (Lipinski definition) is 1. The molecule has 4 nitrogen and oxygen atoms in total. The Balaban J connectivity index is 1.94. The van der Waals surface area contributed by atoms with E-state index in [0.717, 1.165) is 5.56 Å². The normalized spacial score (nSPS) is 10.1. The maximum atomic E-state index is 12.0. The first-order valence-corrected chi connectivity index (χ1v) is 7.38. The molecule has 0 aliphatic carbocycles. The Morgan fingerprint density at radius 2 is 1.95 bits per heavy atom. The van der Waals surface area contributed by atoms with Crippen molar-refractivity contribution in [1.29, 1.82) is 0 Å². The number of carbonyl (C=O) groups is 1. The highest BCUT2D eigenvalue weighted by Crippen LogP contribution is 2.24. The Morgan fingerprint density at radius 3 is 2.68 bits per heavy atom. The molecule has 0 saturated heterocycles. The zero-order valence-electron chi connectivity index (χ0n) is 12.6. The van der Waals surface area contributed by atoms with E-state index in [1.807, 2.05) is 32.0 Å². The molecule has 0 aromatic heterocycles. The number of halogens is 1. The molecule has 0 radical (unpaired) electrons. The van der Waals surface area contributed by atoms with E-state index in [0.29, 0.717) is 28.8 Å². The predicted molar refractivity (Wildman–Crippen MR) is 87.9 cm³/mol. The van der Waals surface area contributed by atoms with E-state index >= 15 is 0 Å². The molecule has 1 amide bonds. The molecule has 116 valence electrons. The highest BCUT2D eigenvalue weighted by molar-refractivity contribution is 6.31. The van der Waals surface area contributed by atoms with Gasteiger partial charge in [0.15, 0.2) is 6.61 Å². The summed E-state index contributed by atoms with van der Waals surface area (Å²) in [5.74, 6) is 0.996. The van der Waals surface area contributed by atoms with Gasteiger partial charge in [-0.1, -0.05) is 23.7 Å². The van der Waals surface area contributed by atoms with E-state index < -0.39 is 0 Å². The van der Waals surface area contributed by atoms with Gasteiger partial charge in [0.05, 0.1) is 12.3 Å². The van der Waals surface area contributed by atoms with Crippen LogP contribution in [0.1, 0.15) is 12.5 Å². The third kappa shape index (κ3) is 4.40. The monoisotopic (exact) mass is 319 g/mol. The van der Waals surface area contributed by atoms with Crippen molar-refractivity contribution < 1.29 is 14.3 Å². The molecular formula is C17H18ClNO3. The number of aryl methyl sites for hydroxylation is 1. The minimum atomic E-state index is -0.250. The Kier molecular flexibility index (Phi) is 5.67. The van der Waals surface area contributed by atoms with Crippen LogP contribution in [0.2, 0.25) is 5.02 Å². The van der Waals surface area contributed by atoms with Crippen LogP contribution in [0.4, 0.5) is 5.69 Å². The van der Waals surface area contributed by atoms with Crippen molar-refractivity contribution >= 4 is 23.2 Å².